The van der Waals surface area contributed by atoms with Crippen LogP contribution >= 0.6 is 23.4 Å². The zero-order valence-electron chi connectivity index (χ0n) is 21.1. The van der Waals surface area contributed by atoms with Crippen LogP contribution in [0, 0.1) is 19.7 Å². The van der Waals surface area contributed by atoms with Gasteiger partial charge >= 0.3 is 0 Å². The predicted molar refractivity (Wildman–Crippen MR) is 148 cm³/mol. The van der Waals surface area contributed by atoms with Gasteiger partial charge in [-0.3, -0.25) is 9.36 Å². The van der Waals surface area contributed by atoms with Crippen LogP contribution in [0.2, 0.25) is 5.02 Å². The number of halogens is 2. The molecule has 4 rings (SSSR count). The van der Waals surface area contributed by atoms with E-state index in [1.165, 1.54) is 32.3 Å². The molecule has 0 aliphatic rings. The number of anilines is 1. The number of nitrogens with zero attached hydrogens (tertiary/aromatic N) is 4. The number of benzene rings is 3. The maximum Gasteiger partial charge on any atom is 0.242 e. The van der Waals surface area contributed by atoms with Gasteiger partial charge in [0.1, 0.15) is 5.82 Å². The normalized spacial score (nSPS) is 11.7. The highest BCUT2D eigenvalue weighted by Crippen LogP contribution is 2.32. The van der Waals surface area contributed by atoms with E-state index in [-0.39, 0.29) is 21.4 Å². The van der Waals surface area contributed by atoms with Gasteiger partial charge in [0.15, 0.2) is 11.0 Å². The number of sulfonamides is 1. The molecule has 1 N–H and O–H groups in total. The van der Waals surface area contributed by atoms with Gasteiger partial charge in [0.2, 0.25) is 15.9 Å². The van der Waals surface area contributed by atoms with Crippen LogP contribution in [-0.2, 0) is 14.8 Å². The van der Waals surface area contributed by atoms with Crippen molar-refractivity contribution in [3.63, 3.8) is 0 Å². The predicted octanol–water partition coefficient (Wildman–Crippen LogP) is 5.32. The van der Waals surface area contributed by atoms with Crippen LogP contribution in [0.4, 0.5) is 10.1 Å². The van der Waals surface area contributed by atoms with Crippen molar-refractivity contribution in [2.75, 3.05) is 25.2 Å². The molecular formula is C26H25ClFN5O3S2. The Morgan fingerprint density at radius 1 is 1.05 bits per heavy atom. The summed E-state index contributed by atoms with van der Waals surface area (Å²) in [6.45, 7) is 3.90. The van der Waals surface area contributed by atoms with Crippen LogP contribution < -0.4 is 5.32 Å². The third-order valence-electron chi connectivity index (χ3n) is 5.70. The van der Waals surface area contributed by atoms with Crippen molar-refractivity contribution in [3.8, 4) is 17.1 Å². The third kappa shape index (κ3) is 5.75. The number of carbonyl (C=O) groups is 1. The second-order valence-corrected chi connectivity index (χ2v) is 12.2. The summed E-state index contributed by atoms with van der Waals surface area (Å²) in [4.78, 5) is 12.8. The van der Waals surface area contributed by atoms with Gasteiger partial charge in [-0.25, -0.2) is 17.1 Å². The minimum Gasteiger partial charge on any atom is -0.323 e. The fourth-order valence-corrected chi connectivity index (χ4v) is 5.67. The van der Waals surface area contributed by atoms with Gasteiger partial charge in [0, 0.05) is 24.7 Å². The lowest BCUT2D eigenvalue weighted by Gasteiger charge is -2.16. The number of nitrogens with one attached hydrogen (secondary N) is 1. The topological polar surface area (TPSA) is 97.2 Å². The minimum absolute atomic E-state index is 0.0239. The van der Waals surface area contributed by atoms with E-state index in [1.54, 1.807) is 18.2 Å². The Morgan fingerprint density at radius 3 is 2.39 bits per heavy atom. The first-order chi connectivity index (χ1) is 18.0. The molecule has 8 nitrogen and oxygen atoms in total. The molecule has 0 radical (unpaired) electrons. The first-order valence-corrected chi connectivity index (χ1v) is 14.2. The number of rotatable bonds is 8. The van der Waals surface area contributed by atoms with Gasteiger partial charge < -0.3 is 5.32 Å². The smallest absolute Gasteiger partial charge is 0.242 e. The summed E-state index contributed by atoms with van der Waals surface area (Å²) < 4.78 is 42.6. The van der Waals surface area contributed by atoms with Crippen LogP contribution in [0.15, 0.2) is 70.7 Å². The molecule has 1 heterocycles. The van der Waals surface area contributed by atoms with E-state index in [4.69, 9.17) is 11.6 Å². The molecule has 1 amide bonds. The highest BCUT2D eigenvalue weighted by molar-refractivity contribution is 7.99. The van der Waals surface area contributed by atoms with Crippen molar-refractivity contribution in [1.29, 1.82) is 0 Å². The zero-order valence-corrected chi connectivity index (χ0v) is 23.5. The van der Waals surface area contributed by atoms with Gasteiger partial charge in [-0.1, -0.05) is 53.7 Å². The molecule has 1 aromatic heterocycles. The van der Waals surface area contributed by atoms with Crippen LogP contribution in [0.1, 0.15) is 11.1 Å². The molecule has 0 saturated carbocycles. The maximum atomic E-state index is 14.1. The molecule has 0 unspecified atom stereocenters. The lowest BCUT2D eigenvalue weighted by Crippen LogP contribution is -2.22. The van der Waals surface area contributed by atoms with Crippen molar-refractivity contribution in [2.45, 2.75) is 23.9 Å². The van der Waals surface area contributed by atoms with Crippen LogP contribution in [0.25, 0.3) is 17.1 Å². The molecule has 12 heteroatoms. The number of aryl methyl sites for hydroxylation is 2. The van der Waals surface area contributed by atoms with Crippen molar-refractivity contribution in [2.24, 2.45) is 0 Å². The standard InChI is InChI=1S/C26H25ClFN5O3S2/c1-16-7-5-8-17(2)24(16)33-25(18-9-6-10-20(13-18)38(35,36)32(3)4)30-31-26(33)37-15-23(34)29-22-12-11-19(27)14-21(22)28/h5-14H,15H2,1-4H3,(H,29,34). The Labute approximate surface area is 229 Å². The molecule has 4 aromatic rings. The molecule has 38 heavy (non-hydrogen) atoms. The average molecular weight is 574 g/mol. The summed E-state index contributed by atoms with van der Waals surface area (Å²) in [5.41, 5.74) is 3.27. The Morgan fingerprint density at radius 2 is 1.74 bits per heavy atom. The number of para-hydroxylation sites is 1. The molecule has 0 aliphatic carbocycles. The van der Waals surface area contributed by atoms with Crippen molar-refractivity contribution in [3.05, 3.63) is 82.6 Å². The van der Waals surface area contributed by atoms with Gasteiger partial charge in [0.05, 0.1) is 22.0 Å². The summed E-state index contributed by atoms with van der Waals surface area (Å²) in [6.07, 6.45) is 0. The molecular weight excluding hydrogens is 549 g/mol. The average Bonchev–Trinajstić information content (AvgIpc) is 3.28. The number of hydrogen-bond acceptors (Lipinski definition) is 6. The van der Waals surface area contributed by atoms with Crippen LogP contribution in [0.5, 0.6) is 0 Å². The first-order valence-electron chi connectivity index (χ1n) is 11.4. The molecule has 0 saturated heterocycles. The Hall–Kier alpha value is -3.25. The van der Waals surface area contributed by atoms with Gasteiger partial charge in [-0.2, -0.15) is 0 Å². The highest BCUT2D eigenvalue weighted by atomic mass is 35.5. The molecule has 0 atom stereocenters. The molecule has 198 valence electrons. The van der Waals surface area contributed by atoms with E-state index in [9.17, 15) is 17.6 Å². The molecule has 3 aromatic carbocycles. The second-order valence-electron chi connectivity index (χ2n) is 8.66. The quantitative estimate of drug-likeness (QED) is 0.286. The van der Waals surface area contributed by atoms with E-state index in [0.29, 0.717) is 16.5 Å². The lowest BCUT2D eigenvalue weighted by atomic mass is 10.1. The van der Waals surface area contributed by atoms with Crippen LogP contribution in [-0.4, -0.2) is 53.2 Å². The summed E-state index contributed by atoms with van der Waals surface area (Å²) in [5.74, 6) is -0.720. The molecule has 0 spiro atoms. The highest BCUT2D eigenvalue weighted by Gasteiger charge is 2.23. The summed E-state index contributed by atoms with van der Waals surface area (Å²) in [6, 6.07) is 16.3. The fraction of sp³-hybridized carbons (Fsp3) is 0.192. The van der Waals surface area contributed by atoms with Crippen molar-refractivity contribution in [1.82, 2.24) is 19.1 Å². The van der Waals surface area contributed by atoms with E-state index in [0.717, 1.165) is 38.9 Å². The van der Waals surface area contributed by atoms with Gasteiger partial charge in [-0.15, -0.1) is 10.2 Å². The Balaban J connectivity index is 1.73. The zero-order chi connectivity index (χ0) is 27.6. The van der Waals surface area contributed by atoms with Crippen molar-refractivity contribution >= 4 is 45.0 Å². The fourth-order valence-electron chi connectivity index (χ4n) is 3.82. The van der Waals surface area contributed by atoms with E-state index >= 15 is 0 Å². The summed E-state index contributed by atoms with van der Waals surface area (Å²) in [5, 5.41) is 11.9. The van der Waals surface area contributed by atoms with E-state index in [2.05, 4.69) is 15.5 Å². The van der Waals surface area contributed by atoms with Gasteiger partial charge in [0.25, 0.3) is 0 Å². The molecule has 0 bridgehead atoms. The Bertz CT molecular complexity index is 1600. The molecule has 0 aliphatic heterocycles. The van der Waals surface area contributed by atoms with Crippen LogP contribution in [0.3, 0.4) is 0 Å². The summed E-state index contributed by atoms with van der Waals surface area (Å²) in [7, 11) is -0.735. The lowest BCUT2D eigenvalue weighted by molar-refractivity contribution is -0.113. The molecule has 0 fully saturated rings. The monoisotopic (exact) mass is 573 g/mol. The number of thioether (sulfide) groups is 1. The first kappa shape index (κ1) is 27.8. The second kappa shape index (κ2) is 11.2. The van der Waals surface area contributed by atoms with Gasteiger partial charge in [-0.05, 0) is 55.3 Å². The third-order valence-corrected chi connectivity index (χ3v) is 8.68. The van der Waals surface area contributed by atoms with Crippen molar-refractivity contribution < 1.29 is 17.6 Å². The van der Waals surface area contributed by atoms with E-state index < -0.39 is 21.7 Å². The number of aromatic nitrogens is 3. The number of carbonyl (C=O) groups excluding carboxylic acids is 1. The van der Waals surface area contributed by atoms with E-state index in [1.807, 2.05) is 36.6 Å². The minimum atomic E-state index is -3.67. The summed E-state index contributed by atoms with van der Waals surface area (Å²) >= 11 is 6.92. The number of hydrogen-bond donors (Lipinski definition) is 1. The Kier molecular flexibility index (Phi) is 8.22. The maximum absolute atomic E-state index is 14.1. The largest absolute Gasteiger partial charge is 0.323 e. The SMILES string of the molecule is Cc1cccc(C)c1-n1c(SCC(=O)Nc2ccc(Cl)cc2F)nnc1-c1cccc(S(=O)(=O)N(C)C)c1. The number of amides is 1.